The molecule has 0 spiro atoms. The van der Waals surface area contributed by atoms with Crippen LogP contribution in [0.5, 0.6) is 11.5 Å². The van der Waals surface area contributed by atoms with Crippen LogP contribution in [0.25, 0.3) is 11.4 Å². The summed E-state index contributed by atoms with van der Waals surface area (Å²) in [4.78, 5) is 21.9. The Morgan fingerprint density at radius 2 is 1.84 bits per heavy atom. The fourth-order valence-corrected chi connectivity index (χ4v) is 4.79. The third-order valence-corrected chi connectivity index (χ3v) is 6.93. The second-order valence-electron chi connectivity index (χ2n) is 10.8. The van der Waals surface area contributed by atoms with E-state index in [1.54, 1.807) is 19.1 Å². The van der Waals surface area contributed by atoms with Crippen molar-refractivity contribution in [2.75, 3.05) is 34.4 Å². The summed E-state index contributed by atoms with van der Waals surface area (Å²) in [7, 11) is 5.08. The zero-order valence-corrected chi connectivity index (χ0v) is 22.8. The van der Waals surface area contributed by atoms with E-state index >= 15 is 0 Å². The van der Waals surface area contributed by atoms with Gasteiger partial charge in [0.25, 0.3) is 0 Å². The van der Waals surface area contributed by atoms with Gasteiger partial charge in [0.1, 0.15) is 0 Å². The number of carbonyl (C=O) groups is 1. The molecule has 1 atom stereocenters. The van der Waals surface area contributed by atoms with Crippen LogP contribution in [0.4, 0.5) is 0 Å². The lowest BCUT2D eigenvalue weighted by molar-refractivity contribution is -0.136. The summed E-state index contributed by atoms with van der Waals surface area (Å²) in [5.74, 6) is 2.58. The van der Waals surface area contributed by atoms with Crippen LogP contribution in [0.1, 0.15) is 50.6 Å². The number of amides is 1. The Bertz CT molecular complexity index is 1200. The average Bonchev–Trinajstić information content (AvgIpc) is 3.36. The number of nitrogens with zero attached hydrogens (tertiary/aromatic N) is 4. The second-order valence-corrected chi connectivity index (χ2v) is 10.8. The van der Waals surface area contributed by atoms with E-state index in [2.05, 4.69) is 47.9 Å². The van der Waals surface area contributed by atoms with Crippen molar-refractivity contribution in [3.05, 3.63) is 59.5 Å². The Balaban J connectivity index is 1.35. The molecule has 0 aliphatic carbocycles. The molecule has 1 fully saturated rings. The normalized spacial score (nSPS) is 16.4. The minimum atomic E-state index is -0.0637. The number of ether oxygens (including phenoxy) is 2. The van der Waals surface area contributed by atoms with Crippen molar-refractivity contribution in [3.63, 3.8) is 0 Å². The molecule has 1 aromatic heterocycles. The molecular weight excluding hydrogens is 468 g/mol. The summed E-state index contributed by atoms with van der Waals surface area (Å²) in [6.07, 6.45) is 1.83. The Kier molecular flexibility index (Phi) is 8.17. The summed E-state index contributed by atoms with van der Waals surface area (Å²) in [5, 5.41) is 4.19. The molecule has 3 aromatic rings. The number of aromatic nitrogens is 2. The standard InChI is InChI=1S/C29H38N4O4/c1-29(2,3)23-12-10-21(11-13-23)27-30-26(37-31-27)19-33-15-7-8-22(18-33)28(34)32(4)17-20-9-14-24(35-5)25(16-20)36-6/h9-14,16,22H,7-8,15,17-19H2,1-6H3. The maximum absolute atomic E-state index is 13.3. The Morgan fingerprint density at radius 3 is 2.51 bits per heavy atom. The monoisotopic (exact) mass is 506 g/mol. The van der Waals surface area contributed by atoms with Crippen LogP contribution in [-0.2, 0) is 23.3 Å². The summed E-state index contributed by atoms with van der Waals surface area (Å²) in [6.45, 7) is 9.21. The molecule has 1 saturated heterocycles. The molecule has 1 aliphatic heterocycles. The first-order chi connectivity index (χ1) is 17.7. The van der Waals surface area contributed by atoms with E-state index in [4.69, 9.17) is 14.0 Å². The van der Waals surface area contributed by atoms with Gasteiger partial charge >= 0.3 is 0 Å². The fraction of sp³-hybridized carbons (Fsp3) is 0.483. The first-order valence-corrected chi connectivity index (χ1v) is 12.8. The number of hydrogen-bond donors (Lipinski definition) is 0. The number of benzene rings is 2. The third kappa shape index (κ3) is 6.49. The van der Waals surface area contributed by atoms with Crippen molar-refractivity contribution < 1.29 is 18.8 Å². The van der Waals surface area contributed by atoms with E-state index in [1.165, 1.54) is 5.56 Å². The number of piperidine rings is 1. The van der Waals surface area contributed by atoms with Crippen LogP contribution in [0.2, 0.25) is 0 Å². The van der Waals surface area contributed by atoms with Gasteiger partial charge in [-0.1, -0.05) is 56.3 Å². The number of likely N-dealkylation sites (tertiary alicyclic amines) is 1. The van der Waals surface area contributed by atoms with Crippen molar-refractivity contribution in [2.24, 2.45) is 5.92 Å². The first-order valence-electron chi connectivity index (χ1n) is 12.8. The van der Waals surface area contributed by atoms with E-state index in [1.807, 2.05) is 37.4 Å². The molecule has 1 amide bonds. The number of methoxy groups -OCH3 is 2. The third-order valence-electron chi connectivity index (χ3n) is 6.93. The van der Waals surface area contributed by atoms with E-state index in [0.717, 1.165) is 30.5 Å². The fourth-order valence-electron chi connectivity index (χ4n) is 4.79. The molecule has 2 aromatic carbocycles. The van der Waals surface area contributed by atoms with Crippen LogP contribution in [0.3, 0.4) is 0 Å². The molecule has 0 radical (unpaired) electrons. The molecule has 4 rings (SSSR count). The van der Waals surface area contributed by atoms with Crippen LogP contribution >= 0.6 is 0 Å². The molecule has 37 heavy (non-hydrogen) atoms. The lowest BCUT2D eigenvalue weighted by Gasteiger charge is -2.33. The highest BCUT2D eigenvalue weighted by Gasteiger charge is 2.29. The summed E-state index contributed by atoms with van der Waals surface area (Å²) in [5.41, 5.74) is 3.29. The van der Waals surface area contributed by atoms with Gasteiger partial charge in [-0.3, -0.25) is 9.69 Å². The zero-order valence-electron chi connectivity index (χ0n) is 22.8. The summed E-state index contributed by atoms with van der Waals surface area (Å²) in [6, 6.07) is 14.1. The molecule has 0 N–H and O–H groups in total. The number of carbonyl (C=O) groups excluding carboxylic acids is 1. The molecule has 1 unspecified atom stereocenters. The Labute approximate surface area is 219 Å². The molecule has 8 heteroatoms. The summed E-state index contributed by atoms with van der Waals surface area (Å²) < 4.78 is 16.3. The highest BCUT2D eigenvalue weighted by Crippen LogP contribution is 2.29. The van der Waals surface area contributed by atoms with E-state index in [0.29, 0.717) is 42.8 Å². The van der Waals surface area contributed by atoms with Crippen molar-refractivity contribution in [2.45, 2.75) is 52.1 Å². The Morgan fingerprint density at radius 1 is 1.11 bits per heavy atom. The minimum Gasteiger partial charge on any atom is -0.493 e. The van der Waals surface area contributed by atoms with Gasteiger partial charge < -0.3 is 18.9 Å². The van der Waals surface area contributed by atoms with Crippen LogP contribution in [-0.4, -0.2) is 60.2 Å². The van der Waals surface area contributed by atoms with Gasteiger partial charge in [-0.25, -0.2) is 0 Å². The maximum atomic E-state index is 13.3. The lowest BCUT2D eigenvalue weighted by Crippen LogP contribution is -2.43. The van der Waals surface area contributed by atoms with Gasteiger partial charge in [-0.2, -0.15) is 4.98 Å². The SMILES string of the molecule is COc1ccc(CN(C)C(=O)C2CCCN(Cc3nc(-c4ccc(C(C)(C)C)cc4)no3)C2)cc1OC. The summed E-state index contributed by atoms with van der Waals surface area (Å²) >= 11 is 0. The van der Waals surface area contributed by atoms with E-state index in [9.17, 15) is 4.79 Å². The predicted molar refractivity (Wildman–Crippen MR) is 142 cm³/mol. The molecule has 2 heterocycles. The quantitative estimate of drug-likeness (QED) is 0.429. The van der Waals surface area contributed by atoms with Gasteiger partial charge in [0.05, 0.1) is 26.7 Å². The zero-order chi connectivity index (χ0) is 26.6. The molecule has 1 aliphatic rings. The molecule has 0 bridgehead atoms. The smallest absolute Gasteiger partial charge is 0.241 e. The highest BCUT2D eigenvalue weighted by atomic mass is 16.5. The average molecular weight is 507 g/mol. The Hall–Kier alpha value is -3.39. The van der Waals surface area contributed by atoms with Crippen molar-refractivity contribution in [1.29, 1.82) is 0 Å². The highest BCUT2D eigenvalue weighted by molar-refractivity contribution is 5.79. The number of hydrogen-bond acceptors (Lipinski definition) is 7. The van der Waals surface area contributed by atoms with E-state index < -0.39 is 0 Å². The van der Waals surface area contributed by atoms with Gasteiger partial charge in [0, 0.05) is 25.7 Å². The van der Waals surface area contributed by atoms with Gasteiger partial charge in [-0.15, -0.1) is 0 Å². The molecule has 0 saturated carbocycles. The largest absolute Gasteiger partial charge is 0.493 e. The predicted octanol–water partition coefficient (Wildman–Crippen LogP) is 4.92. The molecular formula is C29H38N4O4. The maximum Gasteiger partial charge on any atom is 0.241 e. The minimum absolute atomic E-state index is 0.0637. The molecule has 198 valence electrons. The van der Waals surface area contributed by atoms with Crippen LogP contribution in [0, 0.1) is 5.92 Å². The van der Waals surface area contributed by atoms with Crippen LogP contribution < -0.4 is 9.47 Å². The van der Waals surface area contributed by atoms with Crippen molar-refractivity contribution >= 4 is 5.91 Å². The topological polar surface area (TPSA) is 80.9 Å². The van der Waals surface area contributed by atoms with Crippen molar-refractivity contribution in [1.82, 2.24) is 19.9 Å². The second kappa shape index (κ2) is 11.3. The lowest BCUT2D eigenvalue weighted by atomic mass is 9.87. The van der Waals surface area contributed by atoms with Crippen molar-refractivity contribution in [3.8, 4) is 22.9 Å². The first kappa shape index (κ1) is 26.7. The number of rotatable bonds is 8. The van der Waals surface area contributed by atoms with Gasteiger partial charge in [0.15, 0.2) is 11.5 Å². The van der Waals surface area contributed by atoms with Gasteiger partial charge in [-0.05, 0) is 48.1 Å². The molecule has 8 nitrogen and oxygen atoms in total. The van der Waals surface area contributed by atoms with Crippen LogP contribution in [0.15, 0.2) is 47.0 Å². The van der Waals surface area contributed by atoms with E-state index in [-0.39, 0.29) is 17.2 Å². The van der Waals surface area contributed by atoms with Gasteiger partial charge in [0.2, 0.25) is 17.6 Å².